The Morgan fingerprint density at radius 2 is 1.74 bits per heavy atom. The van der Waals surface area contributed by atoms with Crippen LogP contribution >= 0.6 is 0 Å². The van der Waals surface area contributed by atoms with Gasteiger partial charge in [-0.15, -0.1) is 0 Å². The Hall–Kier alpha value is -2.93. The number of aromatic nitrogens is 4. The number of halogens is 3. The fourth-order valence-electron chi connectivity index (χ4n) is 4.55. The van der Waals surface area contributed by atoms with Crippen LogP contribution in [0.4, 0.5) is 30.8 Å². The van der Waals surface area contributed by atoms with Gasteiger partial charge >= 0.3 is 0 Å². The molecule has 0 amide bonds. The number of aliphatic hydroxyl groups excluding tert-OH is 1. The lowest BCUT2D eigenvalue weighted by Crippen LogP contribution is -2.29. The summed E-state index contributed by atoms with van der Waals surface area (Å²) in [7, 11) is -3.30. The Morgan fingerprint density at radius 1 is 1.03 bits per heavy atom. The molecular formula is C21H23F3N6O3S. The lowest BCUT2D eigenvalue weighted by atomic mass is 9.93. The lowest BCUT2D eigenvalue weighted by molar-refractivity contribution is 0.126. The number of anilines is 3. The first-order chi connectivity index (χ1) is 16.2. The summed E-state index contributed by atoms with van der Waals surface area (Å²) in [6, 6.07) is 0.601. The number of fused-ring (bicyclic) bond motifs is 1. The van der Waals surface area contributed by atoms with E-state index in [1.54, 1.807) is 0 Å². The van der Waals surface area contributed by atoms with Gasteiger partial charge in [-0.05, 0) is 32.1 Å². The molecular weight excluding hydrogens is 473 g/mol. The van der Waals surface area contributed by atoms with E-state index in [2.05, 4.69) is 25.6 Å². The van der Waals surface area contributed by atoms with Gasteiger partial charge in [0.15, 0.2) is 27.1 Å². The van der Waals surface area contributed by atoms with Crippen LogP contribution in [-0.2, 0) is 9.84 Å². The molecule has 0 unspecified atom stereocenters. The normalized spacial score (nSPS) is 24.4. The summed E-state index contributed by atoms with van der Waals surface area (Å²) in [4.78, 5) is 13.2. The Morgan fingerprint density at radius 3 is 2.38 bits per heavy atom. The van der Waals surface area contributed by atoms with Gasteiger partial charge in [0.05, 0.1) is 29.8 Å². The van der Waals surface area contributed by atoms with Crippen molar-refractivity contribution in [3.8, 4) is 0 Å². The second kappa shape index (κ2) is 8.69. The Labute approximate surface area is 193 Å². The number of aliphatic hydroxyl groups is 1. The van der Waals surface area contributed by atoms with Crippen LogP contribution in [0.1, 0.15) is 38.1 Å². The maximum atomic E-state index is 14.3. The fourth-order valence-corrected chi connectivity index (χ4v) is 6.25. The second-order valence-electron chi connectivity index (χ2n) is 8.78. The molecule has 2 aliphatic rings. The van der Waals surface area contributed by atoms with Crippen molar-refractivity contribution in [2.45, 2.75) is 50.3 Å². The first-order valence-electron chi connectivity index (χ1n) is 11.0. The number of hydrogen-bond donors (Lipinski definition) is 3. The summed E-state index contributed by atoms with van der Waals surface area (Å²) in [5.74, 6) is -3.28. The third-order valence-corrected chi connectivity index (χ3v) is 8.03. The zero-order chi connectivity index (χ0) is 24.0. The minimum absolute atomic E-state index is 0.0197. The molecule has 3 aromatic rings. The maximum absolute atomic E-state index is 14.3. The highest BCUT2D eigenvalue weighted by Gasteiger charge is 2.33. The van der Waals surface area contributed by atoms with Gasteiger partial charge in [-0.2, -0.15) is 4.98 Å². The van der Waals surface area contributed by atoms with Crippen LogP contribution in [0, 0.1) is 17.5 Å². The molecule has 1 atom stereocenters. The summed E-state index contributed by atoms with van der Waals surface area (Å²) in [6.45, 7) is 0. The molecule has 1 aliphatic carbocycles. The second-order valence-corrected chi connectivity index (χ2v) is 11.0. The average molecular weight is 497 g/mol. The molecule has 34 heavy (non-hydrogen) atoms. The first-order valence-corrected chi connectivity index (χ1v) is 12.8. The number of nitrogens with one attached hydrogen (secondary N) is 2. The molecule has 1 aromatic carbocycles. The lowest BCUT2D eigenvalue weighted by Gasteiger charge is -2.26. The minimum Gasteiger partial charge on any atom is -0.393 e. The highest BCUT2D eigenvalue weighted by molar-refractivity contribution is 7.91. The molecule has 0 spiro atoms. The van der Waals surface area contributed by atoms with Crippen molar-refractivity contribution in [2.24, 2.45) is 0 Å². The quantitative estimate of drug-likeness (QED) is 0.493. The summed E-state index contributed by atoms with van der Waals surface area (Å²) in [5.41, 5.74) is 0.00564. The van der Waals surface area contributed by atoms with Gasteiger partial charge in [0.25, 0.3) is 0 Å². The summed E-state index contributed by atoms with van der Waals surface area (Å²) < 4.78 is 67.8. The third kappa shape index (κ3) is 4.53. The van der Waals surface area contributed by atoms with Crippen LogP contribution in [0.15, 0.2) is 18.3 Å². The summed E-state index contributed by atoms with van der Waals surface area (Å²) in [6.07, 6.45) is 4.25. The van der Waals surface area contributed by atoms with Crippen molar-refractivity contribution in [1.29, 1.82) is 0 Å². The maximum Gasteiger partial charge on any atom is 0.224 e. The van der Waals surface area contributed by atoms with E-state index >= 15 is 0 Å². The number of hydrogen-bond acceptors (Lipinski definition) is 8. The number of imidazole rings is 1. The van der Waals surface area contributed by atoms with Gasteiger partial charge in [0.1, 0.15) is 17.0 Å². The number of nitrogens with zero attached hydrogens (tertiary/aromatic N) is 4. The molecule has 182 valence electrons. The van der Waals surface area contributed by atoms with Crippen LogP contribution < -0.4 is 10.6 Å². The van der Waals surface area contributed by atoms with E-state index in [0.29, 0.717) is 42.1 Å². The number of benzene rings is 1. The van der Waals surface area contributed by atoms with Gasteiger partial charge in [-0.1, -0.05) is 0 Å². The molecule has 0 bridgehead atoms. The SMILES string of the molecule is O=S1(=O)CC[C@H](n2c(Nc3c(F)cc(F)cc3F)nc3cnc(N[C@H]4CC[C@H](O)CC4)nc32)C1. The van der Waals surface area contributed by atoms with Crippen molar-refractivity contribution in [3.63, 3.8) is 0 Å². The van der Waals surface area contributed by atoms with E-state index in [4.69, 9.17) is 0 Å². The van der Waals surface area contributed by atoms with E-state index in [1.165, 1.54) is 10.8 Å². The van der Waals surface area contributed by atoms with Crippen LogP contribution in [0.5, 0.6) is 0 Å². The Bertz CT molecular complexity index is 1320. The molecule has 5 rings (SSSR count). The molecule has 13 heteroatoms. The van der Waals surface area contributed by atoms with Gasteiger partial charge in [-0.25, -0.2) is 31.6 Å². The molecule has 9 nitrogen and oxygen atoms in total. The van der Waals surface area contributed by atoms with Gasteiger partial charge < -0.3 is 15.7 Å². The van der Waals surface area contributed by atoms with Crippen LogP contribution in [-0.4, -0.2) is 56.7 Å². The van der Waals surface area contributed by atoms with Gasteiger partial charge in [0.2, 0.25) is 11.9 Å². The molecule has 0 radical (unpaired) electrons. The smallest absolute Gasteiger partial charge is 0.224 e. The average Bonchev–Trinajstić information content (AvgIpc) is 3.30. The highest BCUT2D eigenvalue weighted by Crippen LogP contribution is 2.34. The molecule has 2 fully saturated rings. The molecule has 1 saturated carbocycles. The van der Waals surface area contributed by atoms with Gasteiger partial charge in [-0.3, -0.25) is 4.57 Å². The van der Waals surface area contributed by atoms with Crippen molar-refractivity contribution < 1.29 is 26.7 Å². The zero-order valence-electron chi connectivity index (χ0n) is 18.0. The van der Waals surface area contributed by atoms with E-state index in [9.17, 15) is 26.7 Å². The van der Waals surface area contributed by atoms with E-state index < -0.39 is 39.0 Å². The van der Waals surface area contributed by atoms with Gasteiger partial charge in [0, 0.05) is 18.2 Å². The molecule has 1 saturated heterocycles. The molecule has 1 aliphatic heterocycles. The van der Waals surface area contributed by atoms with Crippen LogP contribution in [0.3, 0.4) is 0 Å². The summed E-state index contributed by atoms with van der Waals surface area (Å²) in [5, 5.41) is 15.5. The standard InChI is InChI=1S/C21H23F3N6O3S/c22-11-7-15(23)18(16(24)8-11)28-21-27-17-9-25-20(26-12-1-3-14(31)4-2-12)29-19(17)30(21)13-5-6-34(32,33)10-13/h7-9,12-14,31H,1-6,10H2,(H,27,28)(H,25,26,29)/t12-,13-,14-/m0/s1. The molecule has 3 heterocycles. The van der Waals surface area contributed by atoms with Crippen molar-refractivity contribution >= 4 is 38.6 Å². The Balaban J connectivity index is 1.54. The topological polar surface area (TPSA) is 122 Å². The predicted molar refractivity (Wildman–Crippen MR) is 119 cm³/mol. The Kier molecular flexibility index (Phi) is 5.84. The third-order valence-electron chi connectivity index (χ3n) is 6.28. The van der Waals surface area contributed by atoms with Crippen molar-refractivity contribution in [3.05, 3.63) is 35.8 Å². The van der Waals surface area contributed by atoms with E-state index in [1.807, 2.05) is 0 Å². The minimum atomic E-state index is -3.30. The van der Waals surface area contributed by atoms with Crippen LogP contribution in [0.2, 0.25) is 0 Å². The highest BCUT2D eigenvalue weighted by atomic mass is 32.2. The van der Waals surface area contributed by atoms with Crippen LogP contribution in [0.25, 0.3) is 11.2 Å². The fraction of sp³-hybridized carbons (Fsp3) is 0.476. The van der Waals surface area contributed by atoms with Crippen molar-refractivity contribution in [2.75, 3.05) is 22.1 Å². The zero-order valence-corrected chi connectivity index (χ0v) is 18.8. The first kappa shape index (κ1) is 22.8. The van der Waals surface area contributed by atoms with E-state index in [-0.39, 0.29) is 36.0 Å². The van der Waals surface area contributed by atoms with E-state index in [0.717, 1.165) is 12.8 Å². The molecule has 2 aromatic heterocycles. The monoisotopic (exact) mass is 496 g/mol. The van der Waals surface area contributed by atoms with Crippen molar-refractivity contribution in [1.82, 2.24) is 19.5 Å². The largest absolute Gasteiger partial charge is 0.393 e. The molecule has 3 N–H and O–H groups in total. The number of rotatable bonds is 5. The predicted octanol–water partition coefficient (Wildman–Crippen LogP) is 3.06. The summed E-state index contributed by atoms with van der Waals surface area (Å²) >= 11 is 0. The number of sulfone groups is 1.